The van der Waals surface area contributed by atoms with Gasteiger partial charge in [-0.2, -0.15) is 0 Å². The average molecular weight is 253 g/mol. The second kappa shape index (κ2) is 6.70. The molecular weight excluding hydrogens is 238 g/mol. The van der Waals surface area contributed by atoms with Crippen LogP contribution in [0.1, 0.15) is 23.7 Å². The minimum Gasteiger partial charge on any atom is -0.494 e. The molecule has 1 rings (SSSR count). The normalized spacial score (nSPS) is 9.47. The highest BCUT2D eigenvalue weighted by molar-refractivity contribution is 7.80. The summed E-state index contributed by atoms with van der Waals surface area (Å²) in [5, 5.41) is 0.0109. The zero-order valence-electron chi connectivity index (χ0n) is 9.53. The van der Waals surface area contributed by atoms with Gasteiger partial charge in [0.1, 0.15) is 5.75 Å². The topological polar surface area (TPSA) is 76.4 Å². The van der Waals surface area contributed by atoms with Crippen molar-refractivity contribution in [1.82, 2.24) is 10.9 Å². The van der Waals surface area contributed by atoms with Gasteiger partial charge in [0, 0.05) is 5.56 Å². The lowest BCUT2D eigenvalue weighted by Crippen LogP contribution is -2.44. The molecule has 0 aliphatic rings. The zero-order chi connectivity index (χ0) is 12.7. The van der Waals surface area contributed by atoms with E-state index in [1.54, 1.807) is 24.3 Å². The maximum Gasteiger partial charge on any atom is 0.269 e. The summed E-state index contributed by atoms with van der Waals surface area (Å²) in [5.74, 6) is 0.342. The van der Waals surface area contributed by atoms with Crippen molar-refractivity contribution in [3.8, 4) is 5.75 Å². The molecule has 0 saturated carbocycles. The summed E-state index contributed by atoms with van der Waals surface area (Å²) in [7, 11) is 0. The third-order valence-corrected chi connectivity index (χ3v) is 1.97. The van der Waals surface area contributed by atoms with Gasteiger partial charge in [0.05, 0.1) is 6.61 Å². The molecule has 0 fully saturated rings. The lowest BCUT2D eigenvalue weighted by atomic mass is 10.2. The molecule has 1 aromatic rings. The number of benzene rings is 1. The first-order valence-electron chi connectivity index (χ1n) is 5.22. The number of ether oxygens (including phenoxy) is 1. The molecule has 1 aromatic carbocycles. The fourth-order valence-electron chi connectivity index (χ4n) is 1.14. The van der Waals surface area contributed by atoms with E-state index in [9.17, 15) is 4.79 Å². The van der Waals surface area contributed by atoms with Crippen molar-refractivity contribution in [3.05, 3.63) is 29.8 Å². The van der Waals surface area contributed by atoms with Crippen molar-refractivity contribution in [1.29, 1.82) is 0 Å². The van der Waals surface area contributed by atoms with E-state index < -0.39 is 0 Å². The van der Waals surface area contributed by atoms with E-state index >= 15 is 0 Å². The number of nitrogens with two attached hydrogens (primary N) is 1. The van der Waals surface area contributed by atoms with Crippen LogP contribution in [-0.2, 0) is 0 Å². The quantitative estimate of drug-likeness (QED) is 0.550. The van der Waals surface area contributed by atoms with Crippen LogP contribution in [0.25, 0.3) is 0 Å². The lowest BCUT2D eigenvalue weighted by Gasteiger charge is -2.08. The number of nitrogens with one attached hydrogen (secondary N) is 2. The van der Waals surface area contributed by atoms with Gasteiger partial charge in [-0.05, 0) is 36.8 Å². The van der Waals surface area contributed by atoms with Crippen molar-refractivity contribution in [3.63, 3.8) is 0 Å². The van der Waals surface area contributed by atoms with Crippen LogP contribution in [0.3, 0.4) is 0 Å². The second-order valence-electron chi connectivity index (χ2n) is 3.32. The Labute approximate surface area is 105 Å². The maximum atomic E-state index is 11.6. The van der Waals surface area contributed by atoms with Gasteiger partial charge < -0.3 is 10.5 Å². The number of hydrazine groups is 1. The summed E-state index contributed by atoms with van der Waals surface area (Å²) in [6.07, 6.45) is 0.916. The van der Waals surface area contributed by atoms with Crippen LogP contribution in [0, 0.1) is 0 Å². The van der Waals surface area contributed by atoms with Crippen LogP contribution in [0.2, 0.25) is 0 Å². The van der Waals surface area contributed by atoms with E-state index in [0.29, 0.717) is 17.9 Å². The van der Waals surface area contributed by atoms with E-state index in [1.807, 2.05) is 6.92 Å². The van der Waals surface area contributed by atoms with Gasteiger partial charge in [-0.25, -0.2) is 0 Å². The average Bonchev–Trinajstić information content (AvgIpc) is 2.33. The molecule has 6 heteroatoms. The van der Waals surface area contributed by atoms with Gasteiger partial charge in [-0.15, -0.1) is 0 Å². The number of thiocarbonyl (C=S) groups is 1. The van der Waals surface area contributed by atoms with Crippen LogP contribution in [0.4, 0.5) is 0 Å². The highest BCUT2D eigenvalue weighted by atomic mass is 32.1. The van der Waals surface area contributed by atoms with Crippen LogP contribution >= 0.6 is 12.2 Å². The maximum absolute atomic E-state index is 11.6. The Morgan fingerprint density at radius 1 is 1.47 bits per heavy atom. The Kier molecular flexibility index (Phi) is 5.22. The molecule has 0 aliphatic carbocycles. The number of carbonyl (C=O) groups excluding carboxylic acids is 1. The van der Waals surface area contributed by atoms with Gasteiger partial charge in [0.25, 0.3) is 5.91 Å². The molecule has 0 aliphatic heterocycles. The number of amides is 1. The molecule has 0 bridgehead atoms. The summed E-state index contributed by atoms with van der Waals surface area (Å²) in [6.45, 7) is 2.64. The Morgan fingerprint density at radius 3 is 2.88 bits per heavy atom. The molecule has 0 aromatic heterocycles. The first-order valence-corrected chi connectivity index (χ1v) is 5.63. The molecule has 0 unspecified atom stereocenters. The number of hydrogen-bond donors (Lipinski definition) is 3. The zero-order valence-corrected chi connectivity index (χ0v) is 10.3. The number of hydrogen-bond acceptors (Lipinski definition) is 3. The molecule has 0 radical (unpaired) electrons. The van der Waals surface area contributed by atoms with Crippen LogP contribution < -0.4 is 21.3 Å². The Morgan fingerprint density at radius 2 is 2.24 bits per heavy atom. The summed E-state index contributed by atoms with van der Waals surface area (Å²) in [5.41, 5.74) is 10.4. The Bertz CT molecular complexity index is 409. The molecule has 92 valence electrons. The van der Waals surface area contributed by atoms with Gasteiger partial charge in [-0.3, -0.25) is 15.6 Å². The first-order chi connectivity index (χ1) is 8.13. The minimum absolute atomic E-state index is 0.0109. The third-order valence-electron chi connectivity index (χ3n) is 1.87. The van der Waals surface area contributed by atoms with E-state index in [-0.39, 0.29) is 11.0 Å². The highest BCUT2D eigenvalue weighted by Gasteiger charge is 2.06. The van der Waals surface area contributed by atoms with Crippen molar-refractivity contribution >= 4 is 23.2 Å². The molecule has 5 nitrogen and oxygen atoms in total. The molecule has 0 saturated heterocycles. The smallest absolute Gasteiger partial charge is 0.269 e. The molecule has 1 amide bonds. The minimum atomic E-state index is -0.320. The number of carbonyl (C=O) groups is 1. The van der Waals surface area contributed by atoms with Gasteiger partial charge in [-0.1, -0.05) is 13.0 Å². The molecule has 17 heavy (non-hydrogen) atoms. The summed E-state index contributed by atoms with van der Waals surface area (Å²) >= 11 is 4.57. The fourth-order valence-corrected chi connectivity index (χ4v) is 1.19. The summed E-state index contributed by atoms with van der Waals surface area (Å²) in [6, 6.07) is 6.88. The van der Waals surface area contributed by atoms with E-state index in [2.05, 4.69) is 23.1 Å². The molecular formula is C11H15N3O2S. The van der Waals surface area contributed by atoms with Crippen LogP contribution in [-0.4, -0.2) is 17.6 Å². The van der Waals surface area contributed by atoms with E-state index in [0.717, 1.165) is 6.42 Å². The largest absolute Gasteiger partial charge is 0.494 e. The molecule has 0 heterocycles. The van der Waals surface area contributed by atoms with Crippen LogP contribution in [0.5, 0.6) is 5.75 Å². The third kappa shape index (κ3) is 4.69. The first kappa shape index (κ1) is 13.2. The SMILES string of the molecule is CCCOc1cccc(C(=O)NNC(N)=S)c1. The molecule has 4 N–H and O–H groups in total. The standard InChI is InChI=1S/C11H15N3O2S/c1-2-6-16-9-5-3-4-8(7-9)10(15)13-14-11(12)17/h3-5,7H,2,6H2,1H3,(H,13,15)(H3,12,14,17). The van der Waals surface area contributed by atoms with Crippen molar-refractivity contribution < 1.29 is 9.53 Å². The summed E-state index contributed by atoms with van der Waals surface area (Å²) in [4.78, 5) is 11.6. The Hall–Kier alpha value is -1.82. The Balaban J connectivity index is 2.63. The van der Waals surface area contributed by atoms with Gasteiger partial charge in [0.15, 0.2) is 5.11 Å². The summed E-state index contributed by atoms with van der Waals surface area (Å²) < 4.78 is 5.42. The molecule has 0 atom stereocenters. The predicted molar refractivity (Wildman–Crippen MR) is 69.6 cm³/mol. The monoisotopic (exact) mass is 253 g/mol. The molecule has 0 spiro atoms. The second-order valence-corrected chi connectivity index (χ2v) is 3.76. The van der Waals surface area contributed by atoms with Crippen molar-refractivity contribution in [2.45, 2.75) is 13.3 Å². The van der Waals surface area contributed by atoms with Crippen molar-refractivity contribution in [2.75, 3.05) is 6.61 Å². The number of rotatable bonds is 4. The highest BCUT2D eigenvalue weighted by Crippen LogP contribution is 2.13. The van der Waals surface area contributed by atoms with Crippen LogP contribution in [0.15, 0.2) is 24.3 Å². The lowest BCUT2D eigenvalue weighted by molar-refractivity contribution is 0.0943. The fraction of sp³-hybridized carbons (Fsp3) is 0.273. The van der Waals surface area contributed by atoms with Gasteiger partial charge >= 0.3 is 0 Å². The van der Waals surface area contributed by atoms with E-state index in [1.165, 1.54) is 0 Å². The van der Waals surface area contributed by atoms with Crippen molar-refractivity contribution in [2.24, 2.45) is 5.73 Å². The van der Waals surface area contributed by atoms with E-state index in [4.69, 9.17) is 10.5 Å². The van der Waals surface area contributed by atoms with Gasteiger partial charge in [0.2, 0.25) is 0 Å². The predicted octanol–water partition coefficient (Wildman–Crippen LogP) is 0.953.